The molecule has 6 N–H and O–H groups in total. The summed E-state index contributed by atoms with van der Waals surface area (Å²) in [5.41, 5.74) is 16.4. The molecule has 5 saturated heterocycles. The summed E-state index contributed by atoms with van der Waals surface area (Å²) in [5.74, 6) is 9.59. The number of likely N-dealkylation sites (N-methyl/N-ethyl adjacent to an activating group) is 1. The number of aliphatic hydroxyl groups is 1. The van der Waals surface area contributed by atoms with Crippen LogP contribution in [0.5, 0.6) is 11.5 Å². The van der Waals surface area contributed by atoms with Crippen LogP contribution in [0.15, 0.2) is 123 Å². The minimum absolute atomic E-state index is 0.0365. The van der Waals surface area contributed by atoms with E-state index >= 15 is 0 Å². The highest BCUT2D eigenvalue weighted by Gasteiger charge is 2.32. The van der Waals surface area contributed by atoms with E-state index in [-0.39, 0.29) is 50.2 Å². The highest BCUT2D eigenvalue weighted by atomic mass is 16.6. The van der Waals surface area contributed by atoms with Crippen molar-refractivity contribution in [2.24, 2.45) is 11.8 Å². The van der Waals surface area contributed by atoms with Crippen molar-refractivity contribution in [1.29, 1.82) is 0 Å². The fourth-order valence-electron chi connectivity index (χ4n) is 18.6. The molecule has 11 heterocycles. The summed E-state index contributed by atoms with van der Waals surface area (Å²) in [5, 5.41) is 24.9. The van der Waals surface area contributed by atoms with Gasteiger partial charge in [-0.05, 0) is 196 Å². The average molecular weight is 1790 g/mol. The van der Waals surface area contributed by atoms with Crippen molar-refractivity contribution in [1.82, 2.24) is 70.4 Å². The number of rotatable bonds is 25. The summed E-state index contributed by atoms with van der Waals surface area (Å²) in [6.07, 6.45) is 38.8. The molecular weight excluding hydrogens is 1670 g/mol. The third-order valence-corrected chi connectivity index (χ3v) is 25.9. The molecule has 0 radical (unpaired) electrons. The second-order valence-electron chi connectivity index (χ2n) is 35.3. The van der Waals surface area contributed by atoms with Crippen LogP contribution < -0.4 is 60.6 Å². The molecule has 9 fully saturated rings. The Balaban J connectivity index is 0.000000128. The van der Waals surface area contributed by atoms with Gasteiger partial charge in [-0.3, -0.25) is 29.9 Å². The van der Waals surface area contributed by atoms with Gasteiger partial charge in [-0.2, -0.15) is 0 Å². The lowest BCUT2D eigenvalue weighted by Gasteiger charge is -2.35. The van der Waals surface area contributed by atoms with E-state index in [9.17, 15) is 9.59 Å². The van der Waals surface area contributed by atoms with Crippen LogP contribution in [0.3, 0.4) is 0 Å². The van der Waals surface area contributed by atoms with Crippen molar-refractivity contribution in [2.45, 2.75) is 185 Å². The van der Waals surface area contributed by atoms with Gasteiger partial charge in [0.05, 0.1) is 160 Å². The normalized spacial score (nSPS) is 21.8. The lowest BCUT2D eigenvalue weighted by atomic mass is 9.82. The Morgan fingerprint density at radius 2 is 0.802 bits per heavy atom. The summed E-state index contributed by atoms with van der Waals surface area (Å²) in [6, 6.07) is 19.1. The third kappa shape index (κ3) is 26.1. The molecule has 696 valence electrons. The Hall–Kier alpha value is -11.7. The second-order valence-corrected chi connectivity index (χ2v) is 35.3. The molecule has 9 aliphatic rings. The van der Waals surface area contributed by atoms with Gasteiger partial charge in [-0.1, -0.05) is 5.92 Å². The molecule has 6 aromatic heterocycles. The molecule has 34 nitrogen and oxygen atoms in total. The number of amides is 2. The number of fused-ring (bicyclic) bond motifs is 4. The fourth-order valence-corrected chi connectivity index (χ4v) is 18.6. The Morgan fingerprint density at radius 3 is 1.18 bits per heavy atom. The van der Waals surface area contributed by atoms with Gasteiger partial charge in [0.25, 0.3) is 0 Å². The van der Waals surface area contributed by atoms with Gasteiger partial charge in [0.2, 0.25) is 11.9 Å². The minimum Gasteiger partial charge on any atom is -0.488 e. The van der Waals surface area contributed by atoms with Gasteiger partial charge < -0.3 is 98.8 Å². The molecule has 10 aromatic rings. The topological polar surface area (TPSA) is 368 Å². The SMILES string of the molecule is CC#CCOC(=O)NC1CCC(Cc2cc(N3CCOCC3)cc3nccnc23)CC1.CC(C)Nc1cnc(NC2CCC(Oc3cc(N4CCOCC4)cc4nccnc34)CC2)nc1.CN(c1cnc(NC2CCC(Oc3cc(N4CCOCC4)cc4nccnc34)CC2)nc1)C1COC1.O=C(NC1CCC(Cc2cc(N3CCOCC3)cc3nccnc23)CC1)OCCO. The number of anilines is 8. The number of hydrogen-bond acceptors (Lipinski definition) is 32. The van der Waals surface area contributed by atoms with E-state index in [1.54, 1.807) is 56.5 Å². The van der Waals surface area contributed by atoms with Crippen LogP contribution >= 0.6 is 0 Å². The number of ether oxygens (including phenoxy) is 9. The summed E-state index contributed by atoms with van der Waals surface area (Å²) in [4.78, 5) is 89.7. The molecule has 34 heteroatoms. The molecule has 0 bridgehead atoms. The Morgan fingerprint density at radius 1 is 0.443 bits per heavy atom. The maximum atomic E-state index is 11.9. The average Bonchev–Trinajstić information content (AvgIpc) is 0.799. The number of benzene rings is 4. The molecule has 0 atom stereocenters. The first-order valence-corrected chi connectivity index (χ1v) is 47.0. The van der Waals surface area contributed by atoms with Crippen LogP contribution in [-0.4, -0.2) is 271 Å². The van der Waals surface area contributed by atoms with Gasteiger partial charge in [0.15, 0.2) is 6.61 Å². The summed E-state index contributed by atoms with van der Waals surface area (Å²) < 4.78 is 50.4. The summed E-state index contributed by atoms with van der Waals surface area (Å²) in [7, 11) is 2.06. The highest BCUT2D eigenvalue weighted by molar-refractivity contribution is 5.87. The van der Waals surface area contributed by atoms with Crippen molar-refractivity contribution in [3.63, 3.8) is 0 Å². The molecular formula is C97H126N22O12. The fraction of sp³-hybridized carbons (Fsp3) is 0.546. The molecule has 19 rings (SSSR count). The second kappa shape index (κ2) is 46.9. The van der Waals surface area contributed by atoms with Gasteiger partial charge in [0.1, 0.15) is 29.1 Å². The molecule has 4 saturated carbocycles. The first-order chi connectivity index (χ1) is 64.3. The molecule has 0 unspecified atom stereocenters. The minimum atomic E-state index is -0.438. The van der Waals surface area contributed by atoms with Crippen molar-refractivity contribution in [2.75, 3.05) is 186 Å². The predicted octanol–water partition coefficient (Wildman–Crippen LogP) is 12.4. The lowest BCUT2D eigenvalue weighted by Crippen LogP contribution is -2.47. The van der Waals surface area contributed by atoms with Crippen molar-refractivity contribution in [3.8, 4) is 23.3 Å². The number of nitrogens with zero attached hydrogens (tertiary/aromatic N) is 17. The predicted molar refractivity (Wildman–Crippen MR) is 505 cm³/mol. The maximum Gasteiger partial charge on any atom is 0.408 e. The molecule has 131 heavy (non-hydrogen) atoms. The smallest absolute Gasteiger partial charge is 0.408 e. The van der Waals surface area contributed by atoms with Gasteiger partial charge in [-0.25, -0.2) is 39.5 Å². The number of alkyl carbamates (subject to hydrolysis) is 2. The number of nitrogens with one attached hydrogen (secondary N) is 5. The number of aromatic nitrogens is 12. The molecule has 2 amide bonds. The molecule has 4 aromatic carbocycles. The van der Waals surface area contributed by atoms with E-state index in [0.717, 1.165) is 312 Å². The zero-order chi connectivity index (χ0) is 89.9. The monoisotopic (exact) mass is 1790 g/mol. The van der Waals surface area contributed by atoms with Crippen LogP contribution in [0.2, 0.25) is 0 Å². The van der Waals surface area contributed by atoms with E-state index in [1.165, 1.54) is 22.5 Å². The zero-order valence-corrected chi connectivity index (χ0v) is 75.9. The Labute approximate surface area is 766 Å². The van der Waals surface area contributed by atoms with Crippen LogP contribution in [0.4, 0.5) is 55.6 Å². The quantitative estimate of drug-likeness (QED) is 0.0289. The Kier molecular flexibility index (Phi) is 33.1. The summed E-state index contributed by atoms with van der Waals surface area (Å²) >= 11 is 0. The highest BCUT2D eigenvalue weighted by Crippen LogP contribution is 2.39. The van der Waals surface area contributed by atoms with Crippen molar-refractivity contribution in [3.05, 3.63) is 134 Å². The molecule has 4 aliphatic carbocycles. The zero-order valence-electron chi connectivity index (χ0n) is 75.9. The Bertz CT molecular complexity index is 5350. The maximum absolute atomic E-state index is 11.9. The first-order valence-electron chi connectivity index (χ1n) is 47.0. The first kappa shape index (κ1) is 92.5. The van der Waals surface area contributed by atoms with E-state index in [0.29, 0.717) is 47.9 Å². The lowest BCUT2D eigenvalue weighted by molar-refractivity contribution is 0.0101. The standard InChI is InChI=1S/C26H33N7O3.C25H33N7O2.C24H30N4O3.C22H30N4O4/c1-32(21-16-35-17-21)20-14-29-26(30-15-20)31-18-2-4-22(5-3-18)36-24-13-19(33-8-10-34-11-9-33)12-23-25(24)28-7-6-27-23;1-17(2)30-19-15-28-25(29-16-19)31-18-3-5-21(6-4-18)34-23-14-20(32-9-11-33-12-10-32)13-22-24(23)27-8-7-26-22;1-2-3-12-31-24(29)27-20-6-4-18(5-7-20)15-19-16-21(28-10-13-30-14-11-28)17-22-23(19)26-9-8-25-22;27-9-12-30-22(28)25-18-3-1-16(2-4-18)13-17-14-19(26-7-10-29-11-8-26)15-20-21(17)24-6-5-23-20/h6-7,12-15,18,21-22H,2-5,8-11,16-17H2,1H3,(H,29,30,31);7-8,13-18,21,30H,3-6,9-12H2,1-2H3,(H,28,29,31);8-9,16-18,20H,4-7,10-15H2,1H3,(H,27,29);5-6,14-16,18,27H,1-4,7-13H2,(H,25,28). The number of morpholine rings is 4. The van der Waals surface area contributed by atoms with Crippen molar-refractivity contribution >= 4 is 102 Å². The number of hydrogen-bond donors (Lipinski definition) is 6. The number of carbonyl (C=O) groups is 2. The number of carbonyl (C=O) groups excluding carboxylic acids is 2. The van der Waals surface area contributed by atoms with Crippen LogP contribution in [0.25, 0.3) is 44.1 Å². The summed E-state index contributed by atoms with van der Waals surface area (Å²) in [6.45, 7) is 20.6. The molecule has 5 aliphatic heterocycles. The van der Waals surface area contributed by atoms with Gasteiger partial charge in [-0.15, -0.1) is 5.92 Å². The largest absolute Gasteiger partial charge is 0.488 e. The number of aliphatic hydroxyl groups excluding tert-OH is 1. The van der Waals surface area contributed by atoms with E-state index in [1.807, 2.05) is 24.8 Å². The van der Waals surface area contributed by atoms with Crippen molar-refractivity contribution < 1.29 is 57.3 Å². The van der Waals surface area contributed by atoms with E-state index in [4.69, 9.17) is 47.7 Å². The van der Waals surface area contributed by atoms with E-state index < -0.39 is 6.09 Å². The van der Waals surface area contributed by atoms with E-state index in [2.05, 4.69) is 192 Å². The van der Waals surface area contributed by atoms with Gasteiger partial charge in [0, 0.05) is 174 Å². The van der Waals surface area contributed by atoms with Crippen LogP contribution in [0.1, 0.15) is 135 Å². The van der Waals surface area contributed by atoms with Gasteiger partial charge >= 0.3 is 12.2 Å². The van der Waals surface area contributed by atoms with Crippen LogP contribution in [0, 0.1) is 23.7 Å². The van der Waals surface area contributed by atoms with Crippen LogP contribution in [-0.2, 0) is 46.0 Å². The third-order valence-electron chi connectivity index (χ3n) is 25.9. The molecule has 0 spiro atoms.